The van der Waals surface area contributed by atoms with Gasteiger partial charge in [-0.1, -0.05) is 21.6 Å². The number of ether oxygens (including phenoxy) is 1. The van der Waals surface area contributed by atoms with Crippen molar-refractivity contribution in [2.75, 3.05) is 12.9 Å². The SMILES string of the molecule is COC(=O)[C@H]1NC(=O)CCSSC1(C)C. The summed E-state index contributed by atoms with van der Waals surface area (Å²) in [5.74, 6) is 0.294. The van der Waals surface area contributed by atoms with Crippen molar-refractivity contribution >= 4 is 33.5 Å². The zero-order chi connectivity index (χ0) is 11.5. The van der Waals surface area contributed by atoms with Gasteiger partial charge in [0, 0.05) is 12.2 Å². The molecule has 0 unspecified atom stereocenters. The summed E-state index contributed by atoms with van der Waals surface area (Å²) in [5, 5.41) is 2.71. The van der Waals surface area contributed by atoms with Crippen LogP contribution >= 0.6 is 21.6 Å². The van der Waals surface area contributed by atoms with Crippen molar-refractivity contribution in [3.63, 3.8) is 0 Å². The van der Waals surface area contributed by atoms with Crippen molar-refractivity contribution in [1.82, 2.24) is 5.32 Å². The molecule has 0 aliphatic carbocycles. The zero-order valence-electron chi connectivity index (χ0n) is 9.03. The molecule has 6 heteroatoms. The lowest BCUT2D eigenvalue weighted by atomic mass is 10.0. The molecule has 0 aromatic carbocycles. The van der Waals surface area contributed by atoms with Crippen LogP contribution < -0.4 is 5.32 Å². The fourth-order valence-corrected chi connectivity index (χ4v) is 3.85. The molecule has 1 aliphatic rings. The number of esters is 1. The van der Waals surface area contributed by atoms with E-state index in [0.29, 0.717) is 6.42 Å². The van der Waals surface area contributed by atoms with Gasteiger partial charge in [-0.05, 0) is 13.8 Å². The minimum absolute atomic E-state index is 0.0914. The Bertz CT molecular complexity index is 268. The first-order chi connectivity index (χ1) is 6.97. The first-order valence-electron chi connectivity index (χ1n) is 4.65. The van der Waals surface area contributed by atoms with Crippen LogP contribution in [0.25, 0.3) is 0 Å². The maximum absolute atomic E-state index is 11.5. The summed E-state index contributed by atoms with van der Waals surface area (Å²) in [5.41, 5.74) is 0. The zero-order valence-corrected chi connectivity index (χ0v) is 10.7. The molecule has 1 rings (SSSR count). The molecule has 4 nitrogen and oxygen atoms in total. The average molecular weight is 249 g/mol. The van der Waals surface area contributed by atoms with Crippen LogP contribution in [0, 0.1) is 0 Å². The van der Waals surface area contributed by atoms with Gasteiger partial charge in [-0.25, -0.2) is 4.79 Å². The third-order valence-electron chi connectivity index (χ3n) is 2.12. The molecule has 1 fully saturated rings. The predicted molar refractivity (Wildman–Crippen MR) is 62.7 cm³/mol. The normalized spacial score (nSPS) is 26.1. The van der Waals surface area contributed by atoms with Gasteiger partial charge in [0.1, 0.15) is 6.04 Å². The molecule has 1 aliphatic heterocycles. The van der Waals surface area contributed by atoms with Crippen LogP contribution in [0.2, 0.25) is 0 Å². The van der Waals surface area contributed by atoms with Crippen LogP contribution in [0.4, 0.5) is 0 Å². The van der Waals surface area contributed by atoms with Gasteiger partial charge in [0.25, 0.3) is 0 Å². The summed E-state index contributed by atoms with van der Waals surface area (Å²) in [6, 6.07) is -0.576. The highest BCUT2D eigenvalue weighted by molar-refractivity contribution is 8.77. The van der Waals surface area contributed by atoms with E-state index < -0.39 is 6.04 Å². The number of carbonyl (C=O) groups excluding carboxylic acids is 2. The van der Waals surface area contributed by atoms with Gasteiger partial charge in [-0.2, -0.15) is 0 Å². The van der Waals surface area contributed by atoms with Gasteiger partial charge in [0.2, 0.25) is 5.91 Å². The van der Waals surface area contributed by atoms with Crippen molar-refractivity contribution in [2.45, 2.75) is 31.1 Å². The van der Waals surface area contributed by atoms with Gasteiger partial charge >= 0.3 is 5.97 Å². The first-order valence-corrected chi connectivity index (χ1v) is 6.97. The largest absolute Gasteiger partial charge is 0.467 e. The second-order valence-electron chi connectivity index (χ2n) is 3.78. The maximum atomic E-state index is 11.5. The highest BCUT2D eigenvalue weighted by Crippen LogP contribution is 2.39. The number of hydrogen-bond acceptors (Lipinski definition) is 5. The lowest BCUT2D eigenvalue weighted by Crippen LogP contribution is -2.53. The van der Waals surface area contributed by atoms with E-state index in [1.807, 2.05) is 13.8 Å². The molecule has 0 aromatic rings. The van der Waals surface area contributed by atoms with Crippen molar-refractivity contribution < 1.29 is 14.3 Å². The number of nitrogens with one attached hydrogen (secondary N) is 1. The lowest BCUT2D eigenvalue weighted by molar-refractivity contribution is -0.145. The minimum Gasteiger partial charge on any atom is -0.467 e. The Morgan fingerprint density at radius 2 is 2.27 bits per heavy atom. The molecule has 0 spiro atoms. The average Bonchev–Trinajstić information content (AvgIpc) is 2.18. The molecule has 1 heterocycles. The van der Waals surface area contributed by atoms with Crippen LogP contribution in [0.3, 0.4) is 0 Å². The topological polar surface area (TPSA) is 55.4 Å². The molecule has 1 N–H and O–H groups in total. The van der Waals surface area contributed by atoms with Gasteiger partial charge in [-0.3, -0.25) is 4.79 Å². The van der Waals surface area contributed by atoms with E-state index in [-0.39, 0.29) is 16.6 Å². The van der Waals surface area contributed by atoms with E-state index >= 15 is 0 Å². The summed E-state index contributed by atoms with van der Waals surface area (Å²) in [4.78, 5) is 22.9. The molecule has 0 radical (unpaired) electrons. The van der Waals surface area contributed by atoms with E-state index in [1.165, 1.54) is 7.11 Å². The number of amides is 1. The highest BCUT2D eigenvalue weighted by Gasteiger charge is 2.39. The standard InChI is InChI=1S/C9H15NO3S2/c1-9(2)7(8(12)13-3)10-6(11)4-5-14-15-9/h7H,4-5H2,1-3H3,(H,10,11)/t7-/m1/s1. The van der Waals surface area contributed by atoms with Gasteiger partial charge in [0.15, 0.2) is 0 Å². The second kappa shape index (κ2) is 5.12. The summed E-state index contributed by atoms with van der Waals surface area (Å²) in [6.45, 7) is 3.86. The van der Waals surface area contributed by atoms with Crippen molar-refractivity contribution in [3.05, 3.63) is 0 Å². The Labute approximate surface area is 97.3 Å². The minimum atomic E-state index is -0.576. The van der Waals surface area contributed by atoms with Crippen LogP contribution in [0.5, 0.6) is 0 Å². The molecule has 0 bridgehead atoms. The molecular formula is C9H15NO3S2. The molecule has 1 amide bonds. The van der Waals surface area contributed by atoms with Crippen LogP contribution in [-0.2, 0) is 14.3 Å². The smallest absolute Gasteiger partial charge is 0.329 e. The molecular weight excluding hydrogens is 234 g/mol. The van der Waals surface area contributed by atoms with Gasteiger partial charge < -0.3 is 10.1 Å². The van der Waals surface area contributed by atoms with E-state index in [0.717, 1.165) is 5.75 Å². The van der Waals surface area contributed by atoms with E-state index in [4.69, 9.17) is 4.74 Å². The Morgan fingerprint density at radius 1 is 1.60 bits per heavy atom. The molecule has 0 saturated carbocycles. The van der Waals surface area contributed by atoms with Crippen LogP contribution in [0.15, 0.2) is 0 Å². The van der Waals surface area contributed by atoms with E-state index in [2.05, 4.69) is 5.32 Å². The fourth-order valence-electron chi connectivity index (χ4n) is 1.24. The Balaban J connectivity index is 2.83. The molecule has 0 aromatic heterocycles. The van der Waals surface area contributed by atoms with Crippen LogP contribution in [-0.4, -0.2) is 35.5 Å². The quantitative estimate of drug-likeness (QED) is 0.559. The Hall–Kier alpha value is -0.360. The van der Waals surface area contributed by atoms with Crippen LogP contribution in [0.1, 0.15) is 20.3 Å². The van der Waals surface area contributed by atoms with Crippen molar-refractivity contribution in [2.24, 2.45) is 0 Å². The summed E-state index contributed by atoms with van der Waals surface area (Å²) in [7, 11) is 4.56. The summed E-state index contributed by atoms with van der Waals surface area (Å²) >= 11 is 0. The van der Waals surface area contributed by atoms with Crippen molar-refractivity contribution in [3.8, 4) is 0 Å². The van der Waals surface area contributed by atoms with Gasteiger partial charge in [-0.15, -0.1) is 0 Å². The Kier molecular flexibility index (Phi) is 4.33. The summed E-state index contributed by atoms with van der Waals surface area (Å²) in [6.07, 6.45) is 0.446. The monoisotopic (exact) mass is 249 g/mol. The second-order valence-corrected chi connectivity index (χ2v) is 6.85. The molecule has 86 valence electrons. The number of hydrogen-bond donors (Lipinski definition) is 1. The molecule has 15 heavy (non-hydrogen) atoms. The number of methoxy groups -OCH3 is 1. The fraction of sp³-hybridized carbons (Fsp3) is 0.778. The maximum Gasteiger partial charge on any atom is 0.329 e. The summed E-state index contributed by atoms with van der Waals surface area (Å²) < 4.78 is 4.34. The number of carbonyl (C=O) groups is 2. The predicted octanol–water partition coefficient (Wildman–Crippen LogP) is 1.21. The third kappa shape index (κ3) is 3.31. The highest BCUT2D eigenvalue weighted by atomic mass is 33.1. The third-order valence-corrected chi connectivity index (χ3v) is 5.42. The van der Waals surface area contributed by atoms with E-state index in [1.54, 1.807) is 21.6 Å². The first kappa shape index (κ1) is 12.7. The molecule has 1 saturated heterocycles. The lowest BCUT2D eigenvalue weighted by Gasteiger charge is -2.33. The van der Waals surface area contributed by atoms with E-state index in [9.17, 15) is 9.59 Å². The van der Waals surface area contributed by atoms with Gasteiger partial charge in [0.05, 0.1) is 11.9 Å². The van der Waals surface area contributed by atoms with Crippen molar-refractivity contribution in [1.29, 1.82) is 0 Å². The number of rotatable bonds is 1. The molecule has 1 atom stereocenters. The Morgan fingerprint density at radius 3 is 2.87 bits per heavy atom.